The zero-order chi connectivity index (χ0) is 12.6. The summed E-state index contributed by atoms with van der Waals surface area (Å²) >= 11 is 0. The number of quaternary nitrogens is 1. The molecule has 0 unspecified atom stereocenters. The Kier molecular flexibility index (Phi) is 4.61. The summed E-state index contributed by atoms with van der Waals surface area (Å²) in [6.45, 7) is 5.96. The summed E-state index contributed by atoms with van der Waals surface area (Å²) in [5.74, 6) is 1.88. The van der Waals surface area contributed by atoms with Crippen molar-refractivity contribution in [3.05, 3.63) is 66.6 Å². The molecule has 0 aliphatic rings. The summed E-state index contributed by atoms with van der Waals surface area (Å²) in [5, 5.41) is 2.21. The molecule has 0 spiro atoms. The molecule has 0 fully saturated rings. The Bertz CT molecular complexity index is 460. The van der Waals surface area contributed by atoms with E-state index in [1.807, 2.05) is 24.3 Å². The molecule has 18 heavy (non-hydrogen) atoms. The van der Waals surface area contributed by atoms with Crippen molar-refractivity contribution in [1.82, 2.24) is 0 Å². The fraction of sp³-hybridized carbons (Fsp3) is 0.200. The maximum absolute atomic E-state index is 5.43. The van der Waals surface area contributed by atoms with Crippen molar-refractivity contribution in [2.75, 3.05) is 6.61 Å². The molecule has 3 nitrogen and oxygen atoms in total. The van der Waals surface area contributed by atoms with Gasteiger partial charge in [-0.15, -0.1) is 0 Å². The van der Waals surface area contributed by atoms with Gasteiger partial charge in [-0.05, 0) is 36.4 Å². The van der Waals surface area contributed by atoms with Gasteiger partial charge in [-0.3, -0.25) is 0 Å². The van der Waals surface area contributed by atoms with Gasteiger partial charge >= 0.3 is 0 Å². The van der Waals surface area contributed by atoms with E-state index in [4.69, 9.17) is 9.15 Å². The van der Waals surface area contributed by atoms with Gasteiger partial charge in [-0.25, -0.2) is 0 Å². The summed E-state index contributed by atoms with van der Waals surface area (Å²) < 4.78 is 10.7. The molecule has 0 bridgehead atoms. The van der Waals surface area contributed by atoms with Crippen LogP contribution in [0.25, 0.3) is 0 Å². The van der Waals surface area contributed by atoms with Gasteiger partial charge in [0, 0.05) is 5.56 Å². The summed E-state index contributed by atoms with van der Waals surface area (Å²) in [6, 6.07) is 12.0. The van der Waals surface area contributed by atoms with Crippen molar-refractivity contribution in [1.29, 1.82) is 0 Å². The molecular weight excluding hydrogens is 226 g/mol. The van der Waals surface area contributed by atoms with E-state index in [0.29, 0.717) is 6.61 Å². The van der Waals surface area contributed by atoms with Crippen LogP contribution in [0.4, 0.5) is 0 Å². The van der Waals surface area contributed by atoms with Crippen molar-refractivity contribution in [2.45, 2.75) is 13.1 Å². The first-order valence-electron chi connectivity index (χ1n) is 6.05. The Morgan fingerprint density at radius 2 is 2.00 bits per heavy atom. The minimum atomic E-state index is 0.546. The van der Waals surface area contributed by atoms with E-state index in [1.54, 1.807) is 12.3 Å². The molecule has 2 rings (SSSR count). The number of benzene rings is 1. The van der Waals surface area contributed by atoms with Gasteiger partial charge in [-0.1, -0.05) is 12.7 Å². The number of hydrogen-bond donors (Lipinski definition) is 1. The zero-order valence-electron chi connectivity index (χ0n) is 10.3. The van der Waals surface area contributed by atoms with Crippen LogP contribution in [0.5, 0.6) is 5.75 Å². The predicted octanol–water partition coefficient (Wildman–Crippen LogP) is 2.11. The van der Waals surface area contributed by atoms with Crippen LogP contribution in [0, 0.1) is 0 Å². The maximum Gasteiger partial charge on any atom is 0.157 e. The summed E-state index contributed by atoms with van der Waals surface area (Å²) in [4.78, 5) is 0. The fourth-order valence-corrected chi connectivity index (χ4v) is 1.69. The predicted molar refractivity (Wildman–Crippen MR) is 70.2 cm³/mol. The fourth-order valence-electron chi connectivity index (χ4n) is 1.69. The summed E-state index contributed by atoms with van der Waals surface area (Å²) in [6.07, 6.45) is 3.44. The highest BCUT2D eigenvalue weighted by molar-refractivity contribution is 5.26. The Morgan fingerprint density at radius 3 is 2.67 bits per heavy atom. The lowest BCUT2D eigenvalue weighted by Crippen LogP contribution is -2.80. The highest BCUT2D eigenvalue weighted by atomic mass is 16.5. The second kappa shape index (κ2) is 6.67. The number of hydrogen-bond acceptors (Lipinski definition) is 2. The van der Waals surface area contributed by atoms with Crippen LogP contribution in [0.2, 0.25) is 0 Å². The second-order valence-corrected chi connectivity index (χ2v) is 4.02. The maximum atomic E-state index is 5.43. The van der Waals surface area contributed by atoms with Crippen molar-refractivity contribution in [3.63, 3.8) is 0 Å². The Hall–Kier alpha value is -2.00. The molecule has 1 aromatic carbocycles. The van der Waals surface area contributed by atoms with Gasteiger partial charge in [0.1, 0.15) is 25.4 Å². The molecule has 0 aliphatic carbocycles. The van der Waals surface area contributed by atoms with Gasteiger partial charge in [0.25, 0.3) is 0 Å². The Morgan fingerprint density at radius 1 is 1.17 bits per heavy atom. The molecule has 0 atom stereocenters. The first-order valence-corrected chi connectivity index (χ1v) is 6.05. The summed E-state index contributed by atoms with van der Waals surface area (Å²) in [7, 11) is 0. The van der Waals surface area contributed by atoms with Crippen LogP contribution in [0.3, 0.4) is 0 Å². The van der Waals surface area contributed by atoms with Crippen LogP contribution >= 0.6 is 0 Å². The second-order valence-electron chi connectivity index (χ2n) is 4.02. The lowest BCUT2D eigenvalue weighted by molar-refractivity contribution is -0.687. The molecule has 1 heterocycles. The summed E-state index contributed by atoms with van der Waals surface area (Å²) in [5.41, 5.74) is 1.27. The molecule has 1 aromatic heterocycles. The third-order valence-electron chi connectivity index (χ3n) is 2.60. The van der Waals surface area contributed by atoms with Crippen molar-refractivity contribution in [3.8, 4) is 5.75 Å². The molecule has 2 N–H and O–H groups in total. The van der Waals surface area contributed by atoms with E-state index in [1.165, 1.54) is 5.56 Å². The van der Waals surface area contributed by atoms with Gasteiger partial charge in [0.05, 0.1) is 6.26 Å². The van der Waals surface area contributed by atoms with Gasteiger partial charge in [0.15, 0.2) is 5.76 Å². The Labute approximate surface area is 107 Å². The quantitative estimate of drug-likeness (QED) is 0.758. The molecule has 3 heteroatoms. The molecule has 0 radical (unpaired) electrons. The first-order chi connectivity index (χ1) is 8.88. The smallest absolute Gasteiger partial charge is 0.157 e. The first kappa shape index (κ1) is 12.5. The van der Waals surface area contributed by atoms with Crippen LogP contribution in [0.1, 0.15) is 11.3 Å². The molecule has 2 aromatic rings. The number of rotatable bonds is 7. The van der Waals surface area contributed by atoms with Crippen molar-refractivity contribution in [2.24, 2.45) is 0 Å². The van der Waals surface area contributed by atoms with Crippen LogP contribution < -0.4 is 10.1 Å². The van der Waals surface area contributed by atoms with E-state index in [9.17, 15) is 0 Å². The van der Waals surface area contributed by atoms with Gasteiger partial charge in [-0.2, -0.15) is 0 Å². The van der Waals surface area contributed by atoms with Crippen molar-refractivity contribution >= 4 is 0 Å². The van der Waals surface area contributed by atoms with Gasteiger partial charge in [0.2, 0.25) is 0 Å². The van der Waals surface area contributed by atoms with E-state index in [0.717, 1.165) is 24.6 Å². The third kappa shape index (κ3) is 3.79. The van der Waals surface area contributed by atoms with Crippen LogP contribution in [0.15, 0.2) is 59.7 Å². The molecule has 0 saturated heterocycles. The minimum absolute atomic E-state index is 0.546. The lowest BCUT2D eigenvalue weighted by Gasteiger charge is -2.04. The average Bonchev–Trinajstić information content (AvgIpc) is 2.91. The average molecular weight is 244 g/mol. The monoisotopic (exact) mass is 244 g/mol. The van der Waals surface area contributed by atoms with Gasteiger partial charge < -0.3 is 14.5 Å². The molecule has 0 amide bonds. The van der Waals surface area contributed by atoms with Crippen molar-refractivity contribution < 1.29 is 14.5 Å². The molecule has 94 valence electrons. The van der Waals surface area contributed by atoms with E-state index >= 15 is 0 Å². The number of nitrogens with two attached hydrogens (primary N) is 1. The highest BCUT2D eigenvalue weighted by Crippen LogP contribution is 2.11. The van der Waals surface area contributed by atoms with E-state index < -0.39 is 0 Å². The third-order valence-corrected chi connectivity index (χ3v) is 2.60. The zero-order valence-corrected chi connectivity index (χ0v) is 10.3. The molecular formula is C15H18NO2+. The minimum Gasteiger partial charge on any atom is -0.490 e. The van der Waals surface area contributed by atoms with Crippen LogP contribution in [-0.4, -0.2) is 6.61 Å². The molecule has 0 aliphatic heterocycles. The normalized spacial score (nSPS) is 10.2. The number of ether oxygens (including phenoxy) is 1. The topological polar surface area (TPSA) is 39.0 Å². The lowest BCUT2D eigenvalue weighted by atomic mass is 10.2. The van der Waals surface area contributed by atoms with Crippen LogP contribution in [-0.2, 0) is 13.1 Å². The molecule has 0 saturated carbocycles. The van der Waals surface area contributed by atoms with E-state index in [2.05, 4.69) is 24.0 Å². The Balaban J connectivity index is 1.77. The number of furan rings is 1. The van der Waals surface area contributed by atoms with E-state index in [-0.39, 0.29) is 0 Å². The SMILES string of the molecule is C=CCOc1ccc(C[NH2+]Cc2ccco2)cc1. The highest BCUT2D eigenvalue weighted by Gasteiger charge is 2.00. The largest absolute Gasteiger partial charge is 0.490 e. The standard InChI is InChI=1S/C15H17NO2/c1-2-9-17-14-7-5-13(6-8-14)11-16-12-15-4-3-10-18-15/h2-8,10,16H,1,9,11-12H2/p+1.